The molecule has 1 aromatic heterocycles. The molecule has 1 amide bonds. The minimum Gasteiger partial charge on any atom is -0.465 e. The van der Waals surface area contributed by atoms with Gasteiger partial charge in [0, 0.05) is 12.7 Å². The molecular weight excluding hydrogens is 258 g/mol. The van der Waals surface area contributed by atoms with Crippen LogP contribution in [0.1, 0.15) is 18.2 Å². The van der Waals surface area contributed by atoms with Gasteiger partial charge in [-0.2, -0.15) is 0 Å². The number of anilines is 1. The van der Waals surface area contributed by atoms with Crippen LogP contribution >= 0.6 is 0 Å². The molecule has 2 N–H and O–H groups in total. The van der Waals surface area contributed by atoms with E-state index in [4.69, 9.17) is 5.11 Å². The molecular formula is C11H14F2N4O2. The number of alkyl halides is 2. The highest BCUT2D eigenvalue weighted by Gasteiger charge is 2.22. The minimum atomic E-state index is -2.52. The zero-order chi connectivity index (χ0) is 14.0. The Morgan fingerprint density at radius 1 is 1.58 bits per heavy atom. The second-order valence-electron chi connectivity index (χ2n) is 4.39. The van der Waals surface area contributed by atoms with Gasteiger partial charge in [0.15, 0.2) is 0 Å². The lowest BCUT2D eigenvalue weighted by molar-refractivity contribution is 0.130. The molecule has 0 aliphatic carbocycles. The summed E-state index contributed by atoms with van der Waals surface area (Å²) in [6, 6.07) is -1.06. The Balaban J connectivity index is 2.14. The van der Waals surface area contributed by atoms with Crippen molar-refractivity contribution >= 4 is 12.0 Å². The molecule has 0 aromatic carbocycles. The van der Waals surface area contributed by atoms with Gasteiger partial charge < -0.3 is 15.3 Å². The van der Waals surface area contributed by atoms with Crippen LogP contribution < -0.4 is 5.32 Å². The maximum Gasteiger partial charge on any atom is 0.407 e. The Morgan fingerprint density at radius 2 is 2.32 bits per heavy atom. The van der Waals surface area contributed by atoms with Gasteiger partial charge >= 0.3 is 6.09 Å². The molecule has 1 aliphatic rings. The zero-order valence-electron chi connectivity index (χ0n) is 10.3. The Morgan fingerprint density at radius 3 is 2.95 bits per heavy atom. The minimum absolute atomic E-state index is 0.0961. The van der Waals surface area contributed by atoms with E-state index < -0.39 is 18.6 Å². The molecule has 19 heavy (non-hydrogen) atoms. The number of carbonyl (C=O) groups is 1. The molecule has 0 bridgehead atoms. The molecule has 0 saturated carbocycles. The number of rotatable bonds is 3. The molecule has 6 nitrogen and oxygen atoms in total. The van der Waals surface area contributed by atoms with Crippen LogP contribution in [0.25, 0.3) is 0 Å². The zero-order valence-corrected chi connectivity index (χ0v) is 10.3. The van der Waals surface area contributed by atoms with Crippen LogP contribution in [0.2, 0.25) is 0 Å². The first kappa shape index (κ1) is 13.4. The fourth-order valence-electron chi connectivity index (χ4n) is 1.80. The standard InChI is InChI=1S/C11H14F2N4O2/c1-6(9(12)13)15-10-14-4-7-2-3-17(11(18)19)5-8(7)16-10/h4,6,9H,2-3,5H2,1H3,(H,18,19)(H,14,15,16). The number of hydrogen-bond donors (Lipinski definition) is 2. The monoisotopic (exact) mass is 272 g/mol. The molecule has 1 atom stereocenters. The number of amides is 1. The topological polar surface area (TPSA) is 78.4 Å². The first-order valence-corrected chi connectivity index (χ1v) is 5.84. The quantitative estimate of drug-likeness (QED) is 0.873. The van der Waals surface area contributed by atoms with Gasteiger partial charge in [-0.3, -0.25) is 0 Å². The number of nitrogens with one attached hydrogen (secondary N) is 1. The molecule has 0 fully saturated rings. The summed E-state index contributed by atoms with van der Waals surface area (Å²) < 4.78 is 24.8. The molecule has 2 rings (SSSR count). The van der Waals surface area contributed by atoms with Crippen LogP contribution in [0.5, 0.6) is 0 Å². The molecule has 0 radical (unpaired) electrons. The fraction of sp³-hybridized carbons (Fsp3) is 0.545. The molecule has 8 heteroatoms. The highest BCUT2D eigenvalue weighted by molar-refractivity contribution is 5.65. The first-order chi connectivity index (χ1) is 8.97. The summed E-state index contributed by atoms with van der Waals surface area (Å²) in [5.41, 5.74) is 1.42. The van der Waals surface area contributed by atoms with Crippen molar-refractivity contribution in [1.82, 2.24) is 14.9 Å². The van der Waals surface area contributed by atoms with Gasteiger partial charge in [-0.05, 0) is 18.9 Å². The van der Waals surface area contributed by atoms with Crippen molar-refractivity contribution in [3.8, 4) is 0 Å². The number of halogens is 2. The fourth-order valence-corrected chi connectivity index (χ4v) is 1.80. The van der Waals surface area contributed by atoms with Crippen molar-refractivity contribution in [2.24, 2.45) is 0 Å². The van der Waals surface area contributed by atoms with E-state index in [9.17, 15) is 13.6 Å². The van der Waals surface area contributed by atoms with Gasteiger partial charge in [-0.1, -0.05) is 0 Å². The summed E-state index contributed by atoms with van der Waals surface area (Å²) in [7, 11) is 0. The molecule has 1 aromatic rings. The summed E-state index contributed by atoms with van der Waals surface area (Å²) in [6.07, 6.45) is -1.44. The lowest BCUT2D eigenvalue weighted by atomic mass is 10.1. The third kappa shape index (κ3) is 3.07. The van der Waals surface area contributed by atoms with Crippen molar-refractivity contribution in [2.45, 2.75) is 32.4 Å². The highest BCUT2D eigenvalue weighted by atomic mass is 19.3. The first-order valence-electron chi connectivity index (χ1n) is 5.84. The smallest absolute Gasteiger partial charge is 0.407 e. The lowest BCUT2D eigenvalue weighted by Crippen LogP contribution is -2.35. The third-order valence-corrected chi connectivity index (χ3v) is 2.95. The largest absolute Gasteiger partial charge is 0.465 e. The van der Waals surface area contributed by atoms with Gasteiger partial charge in [-0.25, -0.2) is 23.5 Å². The van der Waals surface area contributed by atoms with Crippen molar-refractivity contribution in [3.05, 3.63) is 17.5 Å². The van der Waals surface area contributed by atoms with E-state index in [2.05, 4.69) is 15.3 Å². The average molecular weight is 272 g/mol. The Labute approximate surface area is 108 Å². The Bertz CT molecular complexity index is 484. The average Bonchev–Trinajstić information content (AvgIpc) is 2.37. The Kier molecular flexibility index (Phi) is 3.77. The van der Waals surface area contributed by atoms with Gasteiger partial charge in [0.25, 0.3) is 6.43 Å². The number of aromatic nitrogens is 2. The van der Waals surface area contributed by atoms with Gasteiger partial charge in [0.05, 0.1) is 18.3 Å². The second-order valence-corrected chi connectivity index (χ2v) is 4.39. The van der Waals surface area contributed by atoms with E-state index in [1.54, 1.807) is 6.20 Å². The number of carboxylic acid groups (broad SMARTS) is 1. The molecule has 0 saturated heterocycles. The van der Waals surface area contributed by atoms with Crippen LogP contribution in [0.4, 0.5) is 19.5 Å². The number of hydrogen-bond acceptors (Lipinski definition) is 4. The van der Waals surface area contributed by atoms with Crippen molar-refractivity contribution in [2.75, 3.05) is 11.9 Å². The normalized spacial score (nSPS) is 16.1. The molecule has 1 aliphatic heterocycles. The third-order valence-electron chi connectivity index (χ3n) is 2.95. The summed E-state index contributed by atoms with van der Waals surface area (Å²) in [5, 5.41) is 11.4. The predicted molar refractivity (Wildman–Crippen MR) is 63.3 cm³/mol. The van der Waals surface area contributed by atoms with Crippen molar-refractivity contribution in [1.29, 1.82) is 0 Å². The van der Waals surface area contributed by atoms with Crippen LogP contribution in [-0.4, -0.2) is 45.1 Å². The summed E-state index contributed by atoms with van der Waals surface area (Å²) in [6.45, 7) is 1.88. The van der Waals surface area contributed by atoms with E-state index in [-0.39, 0.29) is 12.5 Å². The van der Waals surface area contributed by atoms with Crippen LogP contribution in [-0.2, 0) is 13.0 Å². The second kappa shape index (κ2) is 5.33. The summed E-state index contributed by atoms with van der Waals surface area (Å²) in [5.74, 6) is 0.0961. The maximum absolute atomic E-state index is 12.4. The molecule has 0 spiro atoms. The predicted octanol–water partition coefficient (Wildman–Crippen LogP) is 1.58. The Hall–Kier alpha value is -1.99. The van der Waals surface area contributed by atoms with Gasteiger partial charge in [0.2, 0.25) is 5.95 Å². The van der Waals surface area contributed by atoms with Crippen molar-refractivity contribution in [3.63, 3.8) is 0 Å². The molecule has 1 unspecified atom stereocenters. The van der Waals surface area contributed by atoms with Gasteiger partial charge in [0.1, 0.15) is 0 Å². The van der Waals surface area contributed by atoms with E-state index in [1.807, 2.05) is 0 Å². The van der Waals surface area contributed by atoms with Crippen LogP contribution in [0, 0.1) is 0 Å². The number of fused-ring (bicyclic) bond motifs is 1. The van der Waals surface area contributed by atoms with Crippen LogP contribution in [0.3, 0.4) is 0 Å². The lowest BCUT2D eigenvalue weighted by Gasteiger charge is -2.25. The van der Waals surface area contributed by atoms with Crippen molar-refractivity contribution < 1.29 is 18.7 Å². The molecule has 2 heterocycles. The molecule has 104 valence electrons. The number of nitrogens with zero attached hydrogens (tertiary/aromatic N) is 3. The van der Waals surface area contributed by atoms with Crippen LogP contribution in [0.15, 0.2) is 6.20 Å². The van der Waals surface area contributed by atoms with E-state index in [0.29, 0.717) is 18.7 Å². The van der Waals surface area contributed by atoms with E-state index in [0.717, 1.165) is 5.56 Å². The maximum atomic E-state index is 12.4. The van der Waals surface area contributed by atoms with E-state index >= 15 is 0 Å². The SMILES string of the molecule is CC(Nc1ncc2c(n1)CN(C(=O)O)CC2)C(F)F. The summed E-state index contributed by atoms with van der Waals surface area (Å²) in [4.78, 5) is 20.2. The summed E-state index contributed by atoms with van der Waals surface area (Å²) >= 11 is 0. The van der Waals surface area contributed by atoms with Gasteiger partial charge in [-0.15, -0.1) is 0 Å². The van der Waals surface area contributed by atoms with E-state index in [1.165, 1.54) is 11.8 Å². The highest BCUT2D eigenvalue weighted by Crippen LogP contribution is 2.18.